The third-order valence-corrected chi connectivity index (χ3v) is 3.06. The summed E-state index contributed by atoms with van der Waals surface area (Å²) in [5.41, 5.74) is 0. The Labute approximate surface area is 104 Å². The van der Waals surface area contributed by atoms with Gasteiger partial charge in [0.05, 0.1) is 18.6 Å². The SMILES string of the molecule is COCC(C)N(C)C(=O)C1CCCNC1.Cl. The Balaban J connectivity index is 0.00000225. The molecule has 2 unspecified atom stereocenters. The zero-order chi connectivity index (χ0) is 11.3. The van der Waals surface area contributed by atoms with Crippen LogP contribution in [-0.4, -0.2) is 50.7 Å². The van der Waals surface area contributed by atoms with Crippen molar-refractivity contribution in [3.8, 4) is 0 Å². The number of methoxy groups -OCH3 is 1. The van der Waals surface area contributed by atoms with Crippen molar-refractivity contribution in [2.45, 2.75) is 25.8 Å². The molecular weight excluding hydrogens is 228 g/mol. The molecule has 4 nitrogen and oxygen atoms in total. The number of hydrogen-bond donors (Lipinski definition) is 1. The second kappa shape index (κ2) is 7.87. The number of nitrogens with one attached hydrogen (secondary N) is 1. The van der Waals surface area contributed by atoms with E-state index in [-0.39, 0.29) is 30.3 Å². The van der Waals surface area contributed by atoms with Gasteiger partial charge in [-0.1, -0.05) is 0 Å². The largest absolute Gasteiger partial charge is 0.383 e. The lowest BCUT2D eigenvalue weighted by Crippen LogP contribution is -2.45. The molecule has 5 heteroatoms. The van der Waals surface area contributed by atoms with Gasteiger partial charge in [-0.3, -0.25) is 4.79 Å². The minimum atomic E-state index is 0. The fourth-order valence-electron chi connectivity index (χ4n) is 1.92. The number of carbonyl (C=O) groups excluding carboxylic acids is 1. The minimum absolute atomic E-state index is 0. The molecule has 1 aliphatic rings. The normalized spacial score (nSPS) is 22.1. The molecule has 0 saturated carbocycles. The van der Waals surface area contributed by atoms with Crippen molar-refractivity contribution >= 4 is 18.3 Å². The number of amides is 1. The molecule has 1 fully saturated rings. The lowest BCUT2D eigenvalue weighted by Gasteiger charge is -2.30. The third-order valence-electron chi connectivity index (χ3n) is 3.06. The van der Waals surface area contributed by atoms with E-state index in [1.165, 1.54) is 0 Å². The molecule has 1 saturated heterocycles. The number of piperidine rings is 1. The van der Waals surface area contributed by atoms with E-state index in [1.807, 2.05) is 14.0 Å². The van der Waals surface area contributed by atoms with Gasteiger partial charge in [0.15, 0.2) is 0 Å². The molecule has 1 heterocycles. The number of carbonyl (C=O) groups is 1. The van der Waals surface area contributed by atoms with Crippen molar-refractivity contribution in [2.24, 2.45) is 5.92 Å². The molecule has 0 spiro atoms. The van der Waals surface area contributed by atoms with Gasteiger partial charge in [0, 0.05) is 20.7 Å². The van der Waals surface area contributed by atoms with E-state index in [1.54, 1.807) is 12.0 Å². The summed E-state index contributed by atoms with van der Waals surface area (Å²) in [7, 11) is 3.53. The van der Waals surface area contributed by atoms with Crippen LogP contribution in [0.3, 0.4) is 0 Å². The standard InChI is InChI=1S/C11H22N2O2.ClH/c1-9(8-15-3)13(2)11(14)10-5-4-6-12-7-10;/h9-10,12H,4-8H2,1-3H3;1H. The first-order valence-electron chi connectivity index (χ1n) is 5.63. The Bertz CT molecular complexity index is 208. The zero-order valence-corrected chi connectivity index (χ0v) is 11.2. The first kappa shape index (κ1) is 15.7. The van der Waals surface area contributed by atoms with E-state index in [9.17, 15) is 4.79 Å². The minimum Gasteiger partial charge on any atom is -0.383 e. The molecule has 0 aromatic rings. The van der Waals surface area contributed by atoms with Crippen molar-refractivity contribution in [1.29, 1.82) is 0 Å². The van der Waals surface area contributed by atoms with Crippen LogP contribution in [0.2, 0.25) is 0 Å². The second-order valence-electron chi connectivity index (χ2n) is 4.30. The van der Waals surface area contributed by atoms with Crippen molar-refractivity contribution in [2.75, 3.05) is 33.9 Å². The summed E-state index contributed by atoms with van der Waals surface area (Å²) in [4.78, 5) is 13.9. The number of nitrogens with zero attached hydrogens (tertiary/aromatic N) is 1. The van der Waals surface area contributed by atoms with Crippen LogP contribution in [0.1, 0.15) is 19.8 Å². The maximum Gasteiger partial charge on any atom is 0.227 e. The highest BCUT2D eigenvalue weighted by atomic mass is 35.5. The number of rotatable bonds is 4. The Morgan fingerprint density at radius 2 is 2.31 bits per heavy atom. The molecule has 2 atom stereocenters. The summed E-state index contributed by atoms with van der Waals surface area (Å²) in [6, 6.07) is 0.157. The highest BCUT2D eigenvalue weighted by Gasteiger charge is 2.26. The summed E-state index contributed by atoms with van der Waals surface area (Å²) in [6.45, 7) is 4.48. The number of likely N-dealkylation sites (N-methyl/N-ethyl adjacent to an activating group) is 1. The maximum atomic E-state index is 12.0. The van der Waals surface area contributed by atoms with Gasteiger partial charge in [0.2, 0.25) is 5.91 Å². The van der Waals surface area contributed by atoms with E-state index in [2.05, 4.69) is 5.32 Å². The molecule has 1 rings (SSSR count). The predicted molar refractivity (Wildman–Crippen MR) is 66.9 cm³/mol. The summed E-state index contributed by atoms with van der Waals surface area (Å²) < 4.78 is 5.05. The van der Waals surface area contributed by atoms with Gasteiger partial charge in [-0.05, 0) is 26.3 Å². The molecule has 0 aromatic carbocycles. The van der Waals surface area contributed by atoms with Crippen molar-refractivity contribution in [3.63, 3.8) is 0 Å². The van der Waals surface area contributed by atoms with Crippen LogP contribution in [-0.2, 0) is 9.53 Å². The van der Waals surface area contributed by atoms with E-state index < -0.39 is 0 Å². The molecule has 0 bridgehead atoms. The summed E-state index contributed by atoms with van der Waals surface area (Å²) in [5, 5.41) is 3.26. The molecule has 96 valence electrons. The average molecular weight is 251 g/mol. The molecule has 1 aliphatic heterocycles. The maximum absolute atomic E-state index is 12.0. The second-order valence-corrected chi connectivity index (χ2v) is 4.30. The quantitative estimate of drug-likeness (QED) is 0.806. The van der Waals surface area contributed by atoms with Crippen LogP contribution < -0.4 is 5.32 Å². The molecule has 1 N–H and O–H groups in total. The number of hydrogen-bond acceptors (Lipinski definition) is 3. The number of ether oxygens (including phenoxy) is 1. The Hall–Kier alpha value is -0.320. The first-order valence-corrected chi connectivity index (χ1v) is 5.63. The Morgan fingerprint density at radius 1 is 1.62 bits per heavy atom. The Morgan fingerprint density at radius 3 is 2.81 bits per heavy atom. The predicted octanol–water partition coefficient (Wildman–Crippen LogP) is 0.901. The Kier molecular flexibility index (Phi) is 7.72. The molecule has 0 aromatic heterocycles. The molecule has 16 heavy (non-hydrogen) atoms. The average Bonchev–Trinajstić information content (AvgIpc) is 2.28. The highest BCUT2D eigenvalue weighted by molar-refractivity contribution is 5.85. The summed E-state index contributed by atoms with van der Waals surface area (Å²) in [5.74, 6) is 0.398. The van der Waals surface area contributed by atoms with Gasteiger partial charge in [-0.25, -0.2) is 0 Å². The van der Waals surface area contributed by atoms with Crippen LogP contribution in [0, 0.1) is 5.92 Å². The van der Waals surface area contributed by atoms with Gasteiger partial charge >= 0.3 is 0 Å². The van der Waals surface area contributed by atoms with Crippen molar-refractivity contribution in [3.05, 3.63) is 0 Å². The topological polar surface area (TPSA) is 41.6 Å². The molecule has 0 radical (unpaired) electrons. The first-order chi connectivity index (χ1) is 7.16. The highest BCUT2D eigenvalue weighted by Crippen LogP contribution is 2.14. The van der Waals surface area contributed by atoms with Crippen LogP contribution in [0.4, 0.5) is 0 Å². The van der Waals surface area contributed by atoms with E-state index >= 15 is 0 Å². The van der Waals surface area contributed by atoms with Crippen LogP contribution in [0.5, 0.6) is 0 Å². The van der Waals surface area contributed by atoms with Crippen LogP contribution in [0.25, 0.3) is 0 Å². The van der Waals surface area contributed by atoms with Gasteiger partial charge in [-0.15, -0.1) is 12.4 Å². The van der Waals surface area contributed by atoms with Gasteiger partial charge in [-0.2, -0.15) is 0 Å². The monoisotopic (exact) mass is 250 g/mol. The number of halogens is 1. The zero-order valence-electron chi connectivity index (χ0n) is 10.4. The third kappa shape index (κ3) is 4.28. The smallest absolute Gasteiger partial charge is 0.227 e. The molecule has 1 amide bonds. The van der Waals surface area contributed by atoms with Crippen molar-refractivity contribution < 1.29 is 9.53 Å². The molecular formula is C11H23ClN2O2. The fourth-order valence-corrected chi connectivity index (χ4v) is 1.92. The van der Waals surface area contributed by atoms with Crippen LogP contribution in [0.15, 0.2) is 0 Å². The lowest BCUT2D eigenvalue weighted by atomic mass is 9.98. The molecule has 0 aliphatic carbocycles. The lowest BCUT2D eigenvalue weighted by molar-refractivity contribution is -0.137. The van der Waals surface area contributed by atoms with Crippen LogP contribution >= 0.6 is 12.4 Å². The fraction of sp³-hybridized carbons (Fsp3) is 0.909. The summed E-state index contributed by atoms with van der Waals surface area (Å²) in [6.07, 6.45) is 2.11. The van der Waals surface area contributed by atoms with E-state index in [4.69, 9.17) is 4.74 Å². The van der Waals surface area contributed by atoms with E-state index in [0.29, 0.717) is 6.61 Å². The van der Waals surface area contributed by atoms with E-state index in [0.717, 1.165) is 25.9 Å². The van der Waals surface area contributed by atoms with Crippen molar-refractivity contribution in [1.82, 2.24) is 10.2 Å². The van der Waals surface area contributed by atoms with Gasteiger partial charge in [0.1, 0.15) is 0 Å². The summed E-state index contributed by atoms with van der Waals surface area (Å²) >= 11 is 0. The van der Waals surface area contributed by atoms with Gasteiger partial charge in [0.25, 0.3) is 0 Å². The van der Waals surface area contributed by atoms with Gasteiger partial charge < -0.3 is 15.0 Å².